The molecule has 0 aromatic heterocycles. The number of nitrogens with zero attached hydrogens (tertiary/aromatic N) is 2. The number of methoxy groups -OCH3 is 1. The normalized spacial score (nSPS) is 17.6. The third kappa shape index (κ3) is 2.16. The summed E-state index contributed by atoms with van der Waals surface area (Å²) in [5, 5.41) is 9.55. The Bertz CT molecular complexity index is 516. The average molecular weight is 232 g/mol. The maximum absolute atomic E-state index is 9.55. The summed E-state index contributed by atoms with van der Waals surface area (Å²) in [6.45, 7) is 5.86. The first-order valence-corrected chi connectivity index (χ1v) is 5.47. The Morgan fingerprint density at radius 3 is 2.47 bits per heavy atom. The van der Waals surface area contributed by atoms with Crippen molar-refractivity contribution in [1.29, 1.82) is 0 Å². The van der Waals surface area contributed by atoms with Gasteiger partial charge in [-0.3, -0.25) is 9.98 Å². The standard InChI is InChI=1S/C13H16N2O2/c1-8-12(15-13(2,3)14-8)9-5-6-10(16)11(7-9)17-4/h5-7,16H,1-4H3. The minimum absolute atomic E-state index is 0.128. The first-order valence-electron chi connectivity index (χ1n) is 5.47. The van der Waals surface area contributed by atoms with Crippen LogP contribution in [-0.2, 0) is 0 Å². The van der Waals surface area contributed by atoms with Gasteiger partial charge in [0, 0.05) is 5.56 Å². The molecule has 1 aliphatic rings. The molecule has 0 saturated carbocycles. The van der Waals surface area contributed by atoms with E-state index in [1.54, 1.807) is 12.1 Å². The molecule has 0 radical (unpaired) electrons. The van der Waals surface area contributed by atoms with Crippen LogP contribution in [0.15, 0.2) is 28.2 Å². The molecule has 0 atom stereocenters. The third-order valence-corrected chi connectivity index (χ3v) is 2.62. The Morgan fingerprint density at radius 1 is 1.24 bits per heavy atom. The predicted molar refractivity (Wildman–Crippen MR) is 68.4 cm³/mol. The molecule has 0 unspecified atom stereocenters. The topological polar surface area (TPSA) is 54.2 Å². The molecule has 0 amide bonds. The van der Waals surface area contributed by atoms with Gasteiger partial charge in [-0.15, -0.1) is 0 Å². The molecule has 4 heteroatoms. The molecule has 4 nitrogen and oxygen atoms in total. The maximum atomic E-state index is 9.55. The summed E-state index contributed by atoms with van der Waals surface area (Å²) in [6.07, 6.45) is 0. The van der Waals surface area contributed by atoms with Gasteiger partial charge in [-0.1, -0.05) is 0 Å². The molecule has 1 aromatic carbocycles. The van der Waals surface area contributed by atoms with Crippen molar-refractivity contribution in [3.8, 4) is 11.5 Å². The number of benzene rings is 1. The largest absolute Gasteiger partial charge is 0.504 e. The number of hydrogen-bond acceptors (Lipinski definition) is 4. The predicted octanol–water partition coefficient (Wildman–Crippen LogP) is 2.40. The first-order chi connectivity index (χ1) is 7.93. The van der Waals surface area contributed by atoms with Gasteiger partial charge in [-0.05, 0) is 39.0 Å². The lowest BCUT2D eigenvalue weighted by atomic mass is 10.1. The molecule has 0 aliphatic carbocycles. The highest BCUT2D eigenvalue weighted by atomic mass is 16.5. The van der Waals surface area contributed by atoms with Crippen molar-refractivity contribution >= 4 is 11.4 Å². The molecular weight excluding hydrogens is 216 g/mol. The van der Waals surface area contributed by atoms with Crippen molar-refractivity contribution in [2.75, 3.05) is 7.11 Å². The number of phenolic OH excluding ortho intramolecular Hbond substituents is 1. The fourth-order valence-electron chi connectivity index (χ4n) is 1.94. The zero-order chi connectivity index (χ0) is 12.6. The van der Waals surface area contributed by atoms with E-state index in [1.807, 2.05) is 26.8 Å². The Hall–Kier alpha value is -1.84. The van der Waals surface area contributed by atoms with Crippen molar-refractivity contribution in [3.05, 3.63) is 23.8 Å². The van der Waals surface area contributed by atoms with Gasteiger partial charge in [0.2, 0.25) is 0 Å². The quantitative estimate of drug-likeness (QED) is 0.851. The van der Waals surface area contributed by atoms with Crippen LogP contribution in [0.25, 0.3) is 0 Å². The zero-order valence-corrected chi connectivity index (χ0v) is 10.5. The van der Waals surface area contributed by atoms with Crippen molar-refractivity contribution < 1.29 is 9.84 Å². The summed E-state index contributed by atoms with van der Waals surface area (Å²) in [5.74, 6) is 0.575. The highest BCUT2D eigenvalue weighted by Gasteiger charge is 2.25. The van der Waals surface area contributed by atoms with Crippen LogP contribution in [0, 0.1) is 0 Å². The van der Waals surface area contributed by atoms with Crippen LogP contribution in [0.5, 0.6) is 11.5 Å². The number of hydrogen-bond donors (Lipinski definition) is 1. The van der Waals surface area contributed by atoms with Crippen molar-refractivity contribution in [2.45, 2.75) is 26.4 Å². The SMILES string of the molecule is COc1cc(C2=NC(C)(C)N=C2C)ccc1O. The highest BCUT2D eigenvalue weighted by Crippen LogP contribution is 2.29. The van der Waals surface area contributed by atoms with Gasteiger partial charge in [0.05, 0.1) is 18.5 Å². The minimum atomic E-state index is -0.398. The Morgan fingerprint density at radius 2 is 1.94 bits per heavy atom. The lowest BCUT2D eigenvalue weighted by Crippen LogP contribution is -2.09. The second kappa shape index (κ2) is 3.87. The number of aromatic hydroxyl groups is 1. The van der Waals surface area contributed by atoms with Gasteiger partial charge in [-0.25, -0.2) is 0 Å². The molecule has 1 aromatic rings. The van der Waals surface area contributed by atoms with Gasteiger partial charge in [-0.2, -0.15) is 0 Å². The maximum Gasteiger partial charge on any atom is 0.161 e. The molecule has 0 saturated heterocycles. The van der Waals surface area contributed by atoms with Crippen LogP contribution in [0.2, 0.25) is 0 Å². The Kier molecular flexibility index (Phi) is 2.65. The molecule has 0 fully saturated rings. The monoisotopic (exact) mass is 232 g/mol. The van der Waals surface area contributed by atoms with Crippen molar-refractivity contribution in [3.63, 3.8) is 0 Å². The average Bonchev–Trinajstić information content (AvgIpc) is 2.53. The van der Waals surface area contributed by atoms with Gasteiger partial charge in [0.15, 0.2) is 11.5 Å². The van der Waals surface area contributed by atoms with Gasteiger partial charge < -0.3 is 9.84 Å². The summed E-state index contributed by atoms with van der Waals surface area (Å²) in [6, 6.07) is 5.20. The van der Waals surface area contributed by atoms with Crippen molar-refractivity contribution in [2.24, 2.45) is 9.98 Å². The lowest BCUT2D eigenvalue weighted by Gasteiger charge is -2.08. The number of ether oxygens (including phenoxy) is 1. The lowest BCUT2D eigenvalue weighted by molar-refractivity contribution is 0.373. The molecule has 0 spiro atoms. The number of phenols is 1. The number of rotatable bonds is 2. The van der Waals surface area contributed by atoms with E-state index in [2.05, 4.69) is 9.98 Å². The zero-order valence-electron chi connectivity index (χ0n) is 10.5. The fraction of sp³-hybridized carbons (Fsp3) is 0.385. The smallest absolute Gasteiger partial charge is 0.161 e. The Labute approximate surface area is 101 Å². The van der Waals surface area contributed by atoms with E-state index >= 15 is 0 Å². The van der Waals surface area contributed by atoms with Crippen molar-refractivity contribution in [1.82, 2.24) is 0 Å². The second-order valence-electron chi connectivity index (χ2n) is 4.54. The van der Waals surface area contributed by atoms with Gasteiger partial charge in [0.1, 0.15) is 5.66 Å². The molecule has 90 valence electrons. The highest BCUT2D eigenvalue weighted by molar-refractivity contribution is 6.48. The molecular formula is C13H16N2O2. The summed E-state index contributed by atoms with van der Waals surface area (Å²) >= 11 is 0. The number of aliphatic imine (C=N–C) groups is 2. The summed E-state index contributed by atoms with van der Waals surface area (Å²) in [5.41, 5.74) is 2.27. The van der Waals surface area contributed by atoms with Gasteiger partial charge >= 0.3 is 0 Å². The van der Waals surface area contributed by atoms with Crippen LogP contribution in [0.1, 0.15) is 26.3 Å². The van der Waals surface area contributed by atoms with Gasteiger partial charge in [0.25, 0.3) is 0 Å². The molecule has 2 rings (SSSR count). The van der Waals surface area contributed by atoms with Crippen LogP contribution in [-0.4, -0.2) is 29.3 Å². The van der Waals surface area contributed by atoms with E-state index in [1.165, 1.54) is 7.11 Å². The van der Waals surface area contributed by atoms with Crippen LogP contribution >= 0.6 is 0 Å². The van der Waals surface area contributed by atoms with Crippen LogP contribution in [0.4, 0.5) is 0 Å². The fourth-order valence-corrected chi connectivity index (χ4v) is 1.94. The molecule has 1 aliphatic heterocycles. The second-order valence-corrected chi connectivity index (χ2v) is 4.54. The van der Waals surface area contributed by atoms with E-state index in [0.717, 1.165) is 17.0 Å². The summed E-state index contributed by atoms with van der Waals surface area (Å²) < 4.78 is 5.09. The first kappa shape index (κ1) is 11.6. The van der Waals surface area contributed by atoms with E-state index in [9.17, 15) is 5.11 Å². The summed E-state index contributed by atoms with van der Waals surface area (Å²) in [4.78, 5) is 9.02. The van der Waals surface area contributed by atoms with E-state index in [4.69, 9.17) is 4.74 Å². The molecule has 17 heavy (non-hydrogen) atoms. The van der Waals surface area contributed by atoms with E-state index < -0.39 is 5.66 Å². The Balaban J connectivity index is 2.46. The molecule has 1 heterocycles. The third-order valence-electron chi connectivity index (χ3n) is 2.62. The minimum Gasteiger partial charge on any atom is -0.504 e. The molecule has 0 bridgehead atoms. The van der Waals surface area contributed by atoms with Crippen LogP contribution in [0.3, 0.4) is 0 Å². The van der Waals surface area contributed by atoms with Crippen LogP contribution < -0.4 is 4.74 Å². The van der Waals surface area contributed by atoms with E-state index in [0.29, 0.717) is 5.75 Å². The van der Waals surface area contributed by atoms with E-state index in [-0.39, 0.29) is 5.75 Å². The molecule has 1 N–H and O–H groups in total. The summed E-state index contributed by atoms with van der Waals surface area (Å²) in [7, 11) is 1.53.